The van der Waals surface area contributed by atoms with E-state index in [1.165, 1.54) is 11.1 Å². The van der Waals surface area contributed by atoms with Crippen LogP contribution in [0.4, 0.5) is 0 Å². The van der Waals surface area contributed by atoms with Gasteiger partial charge in [-0.25, -0.2) is 4.98 Å². The number of nitrogens with one attached hydrogen (secondary N) is 1. The fourth-order valence-electron chi connectivity index (χ4n) is 4.34. The summed E-state index contributed by atoms with van der Waals surface area (Å²) in [5.74, 6) is 0.860. The van der Waals surface area contributed by atoms with Crippen LogP contribution in [0.3, 0.4) is 0 Å². The van der Waals surface area contributed by atoms with Crippen molar-refractivity contribution >= 4 is 5.91 Å². The highest BCUT2D eigenvalue weighted by Gasteiger charge is 2.52. The molecule has 2 fully saturated rings. The SMILES string of the molecule is Cc1ccc(CN2CC3(C2)OCC[C@H]3CCNC(=O)c2nccn2C)cc1. The number of amides is 1. The van der Waals surface area contributed by atoms with Gasteiger partial charge in [0.2, 0.25) is 0 Å². The lowest BCUT2D eigenvalue weighted by molar-refractivity contribution is -0.136. The summed E-state index contributed by atoms with van der Waals surface area (Å²) in [7, 11) is 1.83. The third-order valence-electron chi connectivity index (χ3n) is 5.91. The van der Waals surface area contributed by atoms with E-state index in [0.717, 1.165) is 39.1 Å². The minimum atomic E-state index is -0.106. The number of benzene rings is 1. The fraction of sp³-hybridized carbons (Fsp3) is 0.524. The summed E-state index contributed by atoms with van der Waals surface area (Å²) in [6.45, 7) is 6.56. The molecule has 2 saturated heterocycles. The number of carbonyl (C=O) groups excluding carboxylic acids is 1. The second-order valence-electron chi connectivity index (χ2n) is 7.94. The third-order valence-corrected chi connectivity index (χ3v) is 5.91. The number of aromatic nitrogens is 2. The number of aryl methyl sites for hydroxylation is 2. The molecule has 0 aliphatic carbocycles. The van der Waals surface area contributed by atoms with Crippen molar-refractivity contribution in [3.8, 4) is 0 Å². The van der Waals surface area contributed by atoms with Crippen molar-refractivity contribution in [2.45, 2.75) is 31.9 Å². The molecule has 0 bridgehead atoms. The van der Waals surface area contributed by atoms with E-state index in [0.29, 0.717) is 18.3 Å². The molecule has 6 heteroatoms. The molecule has 0 unspecified atom stereocenters. The zero-order valence-corrected chi connectivity index (χ0v) is 16.1. The van der Waals surface area contributed by atoms with E-state index in [9.17, 15) is 4.79 Å². The van der Waals surface area contributed by atoms with Crippen LogP contribution in [0.5, 0.6) is 0 Å². The Bertz CT molecular complexity index is 793. The molecular formula is C21H28N4O2. The van der Waals surface area contributed by atoms with Gasteiger partial charge >= 0.3 is 0 Å². The van der Waals surface area contributed by atoms with E-state index in [1.807, 2.05) is 7.05 Å². The topological polar surface area (TPSA) is 59.4 Å². The lowest BCUT2D eigenvalue weighted by atomic mass is 9.78. The molecule has 1 amide bonds. The van der Waals surface area contributed by atoms with Crippen molar-refractivity contribution in [3.05, 3.63) is 53.6 Å². The number of likely N-dealkylation sites (tertiary alicyclic amines) is 1. The first-order valence-corrected chi connectivity index (χ1v) is 9.73. The van der Waals surface area contributed by atoms with Gasteiger partial charge in [0.1, 0.15) is 0 Å². The Morgan fingerprint density at radius 2 is 2.11 bits per heavy atom. The molecule has 144 valence electrons. The zero-order valence-electron chi connectivity index (χ0n) is 16.1. The van der Waals surface area contributed by atoms with Gasteiger partial charge in [-0.2, -0.15) is 0 Å². The normalized spacial score (nSPS) is 21.3. The lowest BCUT2D eigenvalue weighted by Crippen LogP contribution is -2.64. The van der Waals surface area contributed by atoms with Gasteiger partial charge in [0.15, 0.2) is 5.82 Å². The van der Waals surface area contributed by atoms with E-state index in [-0.39, 0.29) is 11.5 Å². The second kappa shape index (κ2) is 7.44. The molecule has 6 nitrogen and oxygen atoms in total. The van der Waals surface area contributed by atoms with Crippen molar-refractivity contribution in [2.24, 2.45) is 13.0 Å². The Balaban J connectivity index is 1.25. The monoisotopic (exact) mass is 368 g/mol. The number of imidazole rings is 1. The highest BCUT2D eigenvalue weighted by Crippen LogP contribution is 2.42. The van der Waals surface area contributed by atoms with Crippen molar-refractivity contribution in [1.29, 1.82) is 0 Å². The van der Waals surface area contributed by atoms with Gasteiger partial charge in [0.05, 0.1) is 5.60 Å². The van der Waals surface area contributed by atoms with Crippen LogP contribution in [-0.2, 0) is 18.3 Å². The number of nitrogens with zero attached hydrogens (tertiary/aromatic N) is 3. The average molecular weight is 368 g/mol. The summed E-state index contributed by atoms with van der Waals surface area (Å²) in [6.07, 6.45) is 5.46. The number of hydrogen-bond acceptors (Lipinski definition) is 4. The maximum absolute atomic E-state index is 12.2. The van der Waals surface area contributed by atoms with Crippen LogP contribution in [0.1, 0.15) is 34.6 Å². The number of rotatable bonds is 6. The van der Waals surface area contributed by atoms with E-state index in [4.69, 9.17) is 4.74 Å². The highest BCUT2D eigenvalue weighted by molar-refractivity contribution is 5.90. The van der Waals surface area contributed by atoms with Gasteiger partial charge in [-0.3, -0.25) is 9.69 Å². The largest absolute Gasteiger partial charge is 0.372 e. The van der Waals surface area contributed by atoms with Crippen LogP contribution >= 0.6 is 0 Å². The van der Waals surface area contributed by atoms with E-state index in [1.54, 1.807) is 17.0 Å². The third kappa shape index (κ3) is 3.77. The molecule has 27 heavy (non-hydrogen) atoms. The maximum atomic E-state index is 12.2. The first kappa shape index (κ1) is 18.2. The van der Waals surface area contributed by atoms with Crippen molar-refractivity contribution in [1.82, 2.24) is 19.8 Å². The Morgan fingerprint density at radius 3 is 2.81 bits per heavy atom. The number of ether oxygens (including phenoxy) is 1. The molecule has 3 heterocycles. The summed E-state index contributed by atoms with van der Waals surface area (Å²) in [6, 6.07) is 8.76. The van der Waals surface area contributed by atoms with E-state index < -0.39 is 0 Å². The van der Waals surface area contributed by atoms with Crippen molar-refractivity contribution in [2.75, 3.05) is 26.2 Å². The molecule has 1 aromatic heterocycles. The molecular weight excluding hydrogens is 340 g/mol. The second-order valence-corrected chi connectivity index (χ2v) is 7.94. The summed E-state index contributed by atoms with van der Waals surface area (Å²) in [5, 5.41) is 3.00. The van der Waals surface area contributed by atoms with Gasteiger partial charge in [-0.15, -0.1) is 0 Å². The molecule has 4 rings (SSSR count). The fourth-order valence-corrected chi connectivity index (χ4v) is 4.34. The van der Waals surface area contributed by atoms with Gasteiger partial charge in [0, 0.05) is 52.2 Å². The lowest BCUT2D eigenvalue weighted by Gasteiger charge is -2.50. The standard InChI is InChI=1S/C21H28N4O2/c1-16-3-5-17(6-4-16)13-25-14-21(15-25)18(8-12-27-21)7-9-23-20(26)19-22-10-11-24(19)2/h3-6,10-11,18H,7-9,12-15H2,1-2H3,(H,23,26)/t18-/m1/s1. The Morgan fingerprint density at radius 1 is 1.33 bits per heavy atom. The summed E-state index contributed by atoms with van der Waals surface area (Å²) >= 11 is 0. The smallest absolute Gasteiger partial charge is 0.287 e. The predicted octanol–water partition coefficient (Wildman–Crippen LogP) is 2.14. The summed E-state index contributed by atoms with van der Waals surface area (Å²) in [4.78, 5) is 18.7. The molecule has 1 atom stereocenters. The molecule has 2 aromatic rings. The highest BCUT2D eigenvalue weighted by atomic mass is 16.5. The van der Waals surface area contributed by atoms with Gasteiger partial charge < -0.3 is 14.6 Å². The molecule has 2 aliphatic heterocycles. The minimum absolute atomic E-state index is 0.0152. The van der Waals surface area contributed by atoms with Crippen molar-refractivity contribution < 1.29 is 9.53 Å². The zero-order chi connectivity index (χ0) is 18.9. The summed E-state index contributed by atoms with van der Waals surface area (Å²) in [5.41, 5.74) is 2.64. The number of hydrogen-bond donors (Lipinski definition) is 1. The number of carbonyl (C=O) groups is 1. The van der Waals surface area contributed by atoms with Crippen molar-refractivity contribution in [3.63, 3.8) is 0 Å². The maximum Gasteiger partial charge on any atom is 0.287 e. The van der Waals surface area contributed by atoms with Crippen LogP contribution < -0.4 is 5.32 Å². The average Bonchev–Trinajstić information content (AvgIpc) is 3.23. The van der Waals surface area contributed by atoms with Crippen LogP contribution in [0, 0.1) is 12.8 Å². The molecule has 0 saturated carbocycles. The Hall–Kier alpha value is -2.18. The molecule has 1 N–H and O–H groups in total. The van der Waals surface area contributed by atoms with E-state index >= 15 is 0 Å². The van der Waals surface area contributed by atoms with Crippen LogP contribution in [0.2, 0.25) is 0 Å². The molecule has 2 aliphatic rings. The van der Waals surface area contributed by atoms with Crippen LogP contribution in [0.25, 0.3) is 0 Å². The summed E-state index contributed by atoms with van der Waals surface area (Å²) < 4.78 is 7.89. The Labute approximate surface area is 160 Å². The first-order chi connectivity index (χ1) is 13.1. The van der Waals surface area contributed by atoms with Gasteiger partial charge in [-0.1, -0.05) is 29.8 Å². The first-order valence-electron chi connectivity index (χ1n) is 9.73. The van der Waals surface area contributed by atoms with Crippen LogP contribution in [-0.4, -0.2) is 52.2 Å². The van der Waals surface area contributed by atoms with Crippen LogP contribution in [0.15, 0.2) is 36.7 Å². The molecule has 1 spiro atoms. The van der Waals surface area contributed by atoms with Gasteiger partial charge in [-0.05, 0) is 31.2 Å². The minimum Gasteiger partial charge on any atom is -0.372 e. The Kier molecular flexibility index (Phi) is 5.02. The quantitative estimate of drug-likeness (QED) is 0.849. The van der Waals surface area contributed by atoms with E-state index in [2.05, 4.69) is 46.4 Å². The molecule has 1 aromatic carbocycles. The predicted molar refractivity (Wildman–Crippen MR) is 103 cm³/mol. The van der Waals surface area contributed by atoms with Gasteiger partial charge in [0.25, 0.3) is 5.91 Å². The molecule has 0 radical (unpaired) electrons.